The van der Waals surface area contributed by atoms with Gasteiger partial charge in [0.15, 0.2) is 23.0 Å². The first-order valence-electron chi connectivity index (χ1n) is 11.0. The van der Waals surface area contributed by atoms with Gasteiger partial charge in [-0.1, -0.05) is 39.5 Å². The van der Waals surface area contributed by atoms with Gasteiger partial charge >= 0.3 is 0 Å². The second-order valence-electron chi connectivity index (χ2n) is 7.03. The Morgan fingerprint density at radius 2 is 0.871 bits per heavy atom. The number of benzene rings is 2. The van der Waals surface area contributed by atoms with Crippen molar-refractivity contribution in [2.75, 3.05) is 26.4 Å². The molecule has 0 aliphatic heterocycles. The highest BCUT2D eigenvalue weighted by Gasteiger charge is 2.18. The minimum atomic E-state index is 0.0454. The highest BCUT2D eigenvalue weighted by Crippen LogP contribution is 2.47. The largest absolute Gasteiger partial charge is 0.504 e. The van der Waals surface area contributed by atoms with E-state index in [0.29, 0.717) is 49.4 Å². The first kappa shape index (κ1) is 24.9. The minimum absolute atomic E-state index is 0.0454. The van der Waals surface area contributed by atoms with Crippen molar-refractivity contribution in [1.29, 1.82) is 0 Å². The van der Waals surface area contributed by atoms with Crippen LogP contribution in [0.25, 0.3) is 0 Å². The average Bonchev–Trinajstić information content (AvgIpc) is 2.76. The van der Waals surface area contributed by atoms with Gasteiger partial charge in [-0.3, -0.25) is 0 Å². The lowest BCUT2D eigenvalue weighted by molar-refractivity contribution is 0.287. The molecule has 31 heavy (non-hydrogen) atoms. The standard InChI is InChI=1S/C24H34O6S/c1-5-9-27-19-15-23(21(13-17(19)25)29-11-7-3)31-24-16-20(28-10-6-2)18(26)14-22(24)30-12-8-4/h13-16,25-26H,5-12H2,1-4H3. The van der Waals surface area contributed by atoms with E-state index < -0.39 is 0 Å². The zero-order valence-electron chi connectivity index (χ0n) is 18.9. The first-order chi connectivity index (χ1) is 15.0. The van der Waals surface area contributed by atoms with Crippen LogP contribution in [0.3, 0.4) is 0 Å². The Bertz CT molecular complexity index is 757. The molecular formula is C24H34O6S. The number of ether oxygens (including phenoxy) is 4. The molecule has 0 radical (unpaired) electrons. The smallest absolute Gasteiger partial charge is 0.162 e. The van der Waals surface area contributed by atoms with Gasteiger partial charge in [-0.05, 0) is 25.7 Å². The number of aromatic hydroxyl groups is 2. The molecule has 6 nitrogen and oxygen atoms in total. The van der Waals surface area contributed by atoms with E-state index in [1.165, 1.54) is 11.8 Å². The van der Waals surface area contributed by atoms with Crippen molar-refractivity contribution in [3.05, 3.63) is 24.3 Å². The second kappa shape index (κ2) is 13.1. The van der Waals surface area contributed by atoms with Gasteiger partial charge in [0.2, 0.25) is 0 Å². The molecule has 172 valence electrons. The molecular weight excluding hydrogens is 416 g/mol. The van der Waals surface area contributed by atoms with E-state index >= 15 is 0 Å². The van der Waals surface area contributed by atoms with Crippen molar-refractivity contribution in [2.45, 2.75) is 63.2 Å². The Balaban J connectivity index is 2.46. The molecule has 0 atom stereocenters. The third kappa shape index (κ3) is 7.35. The zero-order valence-corrected chi connectivity index (χ0v) is 19.7. The lowest BCUT2D eigenvalue weighted by atomic mass is 10.3. The fourth-order valence-corrected chi connectivity index (χ4v) is 3.65. The van der Waals surface area contributed by atoms with Crippen LogP contribution in [0.15, 0.2) is 34.1 Å². The van der Waals surface area contributed by atoms with Crippen molar-refractivity contribution in [2.24, 2.45) is 0 Å². The summed E-state index contributed by atoms with van der Waals surface area (Å²) in [5.74, 6) is 2.04. The Labute approximate surface area is 189 Å². The van der Waals surface area contributed by atoms with Gasteiger partial charge in [0.1, 0.15) is 11.5 Å². The maximum atomic E-state index is 10.4. The lowest BCUT2D eigenvalue weighted by Crippen LogP contribution is -2.01. The predicted molar refractivity (Wildman–Crippen MR) is 123 cm³/mol. The molecule has 0 saturated heterocycles. The van der Waals surface area contributed by atoms with Crippen molar-refractivity contribution >= 4 is 11.8 Å². The van der Waals surface area contributed by atoms with E-state index in [9.17, 15) is 10.2 Å². The summed E-state index contributed by atoms with van der Waals surface area (Å²) in [5, 5.41) is 20.7. The fourth-order valence-electron chi connectivity index (χ4n) is 2.64. The van der Waals surface area contributed by atoms with E-state index in [1.807, 2.05) is 27.7 Å². The molecule has 0 aromatic heterocycles. The average molecular weight is 451 g/mol. The Hall–Kier alpha value is -2.41. The van der Waals surface area contributed by atoms with Gasteiger partial charge in [0.05, 0.1) is 36.2 Å². The summed E-state index contributed by atoms with van der Waals surface area (Å²) in [6.45, 7) is 10.1. The van der Waals surface area contributed by atoms with Crippen molar-refractivity contribution in [1.82, 2.24) is 0 Å². The Kier molecular flexibility index (Phi) is 10.5. The molecule has 0 spiro atoms. The molecule has 7 heteroatoms. The summed E-state index contributed by atoms with van der Waals surface area (Å²) in [4.78, 5) is 1.57. The molecule has 2 aromatic rings. The van der Waals surface area contributed by atoms with E-state index in [1.54, 1.807) is 24.3 Å². The van der Waals surface area contributed by atoms with Crippen LogP contribution in [0, 0.1) is 0 Å². The quantitative estimate of drug-likeness (QED) is 0.345. The Morgan fingerprint density at radius 1 is 0.548 bits per heavy atom. The Morgan fingerprint density at radius 3 is 1.19 bits per heavy atom. The van der Waals surface area contributed by atoms with Crippen LogP contribution in [-0.4, -0.2) is 36.6 Å². The summed E-state index contributed by atoms with van der Waals surface area (Å²) >= 11 is 1.42. The molecule has 0 aliphatic carbocycles. The van der Waals surface area contributed by atoms with E-state index in [4.69, 9.17) is 18.9 Å². The summed E-state index contributed by atoms with van der Waals surface area (Å²) in [6, 6.07) is 6.74. The molecule has 2 aromatic carbocycles. The predicted octanol–water partition coefficient (Wildman–Crippen LogP) is 6.40. The van der Waals surface area contributed by atoms with Crippen molar-refractivity contribution < 1.29 is 29.2 Å². The topological polar surface area (TPSA) is 77.4 Å². The van der Waals surface area contributed by atoms with E-state index in [-0.39, 0.29) is 11.5 Å². The van der Waals surface area contributed by atoms with E-state index in [0.717, 1.165) is 35.5 Å². The molecule has 0 fully saturated rings. The van der Waals surface area contributed by atoms with Crippen molar-refractivity contribution in [3.63, 3.8) is 0 Å². The second-order valence-corrected chi connectivity index (χ2v) is 8.11. The number of hydrogen-bond donors (Lipinski definition) is 2. The summed E-state index contributed by atoms with van der Waals surface area (Å²) in [7, 11) is 0. The van der Waals surface area contributed by atoms with Crippen LogP contribution in [0.2, 0.25) is 0 Å². The monoisotopic (exact) mass is 450 g/mol. The number of phenols is 2. The van der Waals surface area contributed by atoms with Gasteiger partial charge in [0, 0.05) is 24.3 Å². The number of phenolic OH excluding ortho intramolecular Hbond substituents is 2. The van der Waals surface area contributed by atoms with Gasteiger partial charge in [0.25, 0.3) is 0 Å². The van der Waals surface area contributed by atoms with Crippen LogP contribution < -0.4 is 18.9 Å². The van der Waals surface area contributed by atoms with Gasteiger partial charge in [-0.25, -0.2) is 0 Å². The molecule has 0 heterocycles. The van der Waals surface area contributed by atoms with Crippen LogP contribution in [0.4, 0.5) is 0 Å². The van der Waals surface area contributed by atoms with Crippen LogP contribution in [0.5, 0.6) is 34.5 Å². The molecule has 0 amide bonds. The highest BCUT2D eigenvalue weighted by atomic mass is 32.2. The van der Waals surface area contributed by atoms with E-state index in [2.05, 4.69) is 0 Å². The maximum Gasteiger partial charge on any atom is 0.162 e. The normalized spacial score (nSPS) is 10.7. The zero-order chi connectivity index (χ0) is 22.6. The molecule has 0 unspecified atom stereocenters. The molecule has 0 aliphatic rings. The molecule has 0 saturated carbocycles. The lowest BCUT2D eigenvalue weighted by Gasteiger charge is -2.17. The molecule has 2 rings (SSSR count). The summed E-state index contributed by atoms with van der Waals surface area (Å²) in [5.41, 5.74) is 0. The fraction of sp³-hybridized carbons (Fsp3) is 0.500. The first-order valence-corrected chi connectivity index (χ1v) is 11.8. The van der Waals surface area contributed by atoms with Gasteiger partial charge in [-0.2, -0.15) is 0 Å². The number of rotatable bonds is 14. The maximum absolute atomic E-state index is 10.4. The van der Waals surface area contributed by atoms with Gasteiger partial charge < -0.3 is 29.2 Å². The van der Waals surface area contributed by atoms with Crippen molar-refractivity contribution in [3.8, 4) is 34.5 Å². The van der Waals surface area contributed by atoms with Gasteiger partial charge in [-0.15, -0.1) is 0 Å². The van der Waals surface area contributed by atoms with Crippen LogP contribution in [0.1, 0.15) is 53.4 Å². The highest BCUT2D eigenvalue weighted by molar-refractivity contribution is 7.99. The third-order valence-electron chi connectivity index (χ3n) is 4.12. The van der Waals surface area contributed by atoms with Crippen LogP contribution in [-0.2, 0) is 0 Å². The molecule has 0 bridgehead atoms. The number of hydrogen-bond acceptors (Lipinski definition) is 7. The third-order valence-corrected chi connectivity index (χ3v) is 5.20. The minimum Gasteiger partial charge on any atom is -0.504 e. The summed E-state index contributed by atoms with van der Waals surface area (Å²) in [6.07, 6.45) is 3.36. The van der Waals surface area contributed by atoms with Crippen LogP contribution >= 0.6 is 11.8 Å². The SMILES string of the molecule is CCCOc1cc(Sc2cc(OCCC)c(O)cc2OCCC)c(OCCC)cc1O. The summed E-state index contributed by atoms with van der Waals surface area (Å²) < 4.78 is 23.2. The molecule has 2 N–H and O–H groups in total.